The predicted molar refractivity (Wildman–Crippen MR) is 128 cm³/mol. The molecule has 8 heteroatoms. The molecule has 2 aliphatic heterocycles. The maximum Gasteiger partial charge on any atom is 0.256 e. The number of carbonyl (C=O) groups excluding carboxylic acids is 3. The van der Waals surface area contributed by atoms with Crippen LogP contribution in [0.3, 0.4) is 0 Å². The number of nitrogens with zero attached hydrogens (tertiary/aromatic N) is 2. The summed E-state index contributed by atoms with van der Waals surface area (Å²) in [6.07, 6.45) is 4.08. The van der Waals surface area contributed by atoms with Crippen molar-refractivity contribution in [3.05, 3.63) is 65.5 Å². The van der Waals surface area contributed by atoms with Gasteiger partial charge in [0.25, 0.3) is 5.91 Å². The van der Waals surface area contributed by atoms with E-state index in [1.807, 2.05) is 64.1 Å². The van der Waals surface area contributed by atoms with Crippen molar-refractivity contribution in [1.29, 1.82) is 0 Å². The maximum atomic E-state index is 13.6. The fourth-order valence-electron chi connectivity index (χ4n) is 4.54. The second-order valence-corrected chi connectivity index (χ2v) is 11.0. The normalized spacial score (nSPS) is 22.3. The standard InChI is InChI=1S/C25H30N4O3S/c1-5-15(2)19(21(30)27-14-16-10-12-26-13-11-16)28-22(31)20-25(3,4)33-24-18-9-7-6-8-17(18)23(32)29(20)24/h6-13,15,19-20,24H,5,14H2,1-4H3,(H,27,30)(H,28,31)/t15-,19+,20-,24+/m1/s1. The summed E-state index contributed by atoms with van der Waals surface area (Å²) < 4.78 is -0.495. The Morgan fingerprint density at radius 3 is 2.58 bits per heavy atom. The molecule has 0 radical (unpaired) electrons. The lowest BCUT2D eigenvalue weighted by Crippen LogP contribution is -2.58. The molecule has 3 amide bonds. The lowest BCUT2D eigenvalue weighted by atomic mass is 9.95. The van der Waals surface area contributed by atoms with Crippen molar-refractivity contribution in [3.63, 3.8) is 0 Å². The van der Waals surface area contributed by atoms with Gasteiger partial charge >= 0.3 is 0 Å². The molecular formula is C25H30N4O3S. The highest BCUT2D eigenvalue weighted by Crippen LogP contribution is 2.56. The number of hydrogen-bond acceptors (Lipinski definition) is 5. The van der Waals surface area contributed by atoms with Crippen LogP contribution < -0.4 is 10.6 Å². The molecule has 0 bridgehead atoms. The van der Waals surface area contributed by atoms with E-state index in [0.717, 1.165) is 17.5 Å². The van der Waals surface area contributed by atoms with E-state index in [-0.39, 0.29) is 29.0 Å². The molecule has 7 nitrogen and oxygen atoms in total. The first-order valence-electron chi connectivity index (χ1n) is 11.3. The van der Waals surface area contributed by atoms with Gasteiger partial charge in [0.15, 0.2) is 0 Å². The number of hydrogen-bond donors (Lipinski definition) is 2. The van der Waals surface area contributed by atoms with Gasteiger partial charge in [0.1, 0.15) is 17.5 Å². The van der Waals surface area contributed by atoms with Crippen molar-refractivity contribution in [2.24, 2.45) is 5.92 Å². The molecule has 0 unspecified atom stereocenters. The average Bonchev–Trinajstić information content (AvgIpc) is 3.24. The van der Waals surface area contributed by atoms with E-state index in [0.29, 0.717) is 12.1 Å². The van der Waals surface area contributed by atoms with E-state index >= 15 is 0 Å². The van der Waals surface area contributed by atoms with Crippen LogP contribution in [0.1, 0.15) is 61.0 Å². The van der Waals surface area contributed by atoms with Crippen LogP contribution in [0.15, 0.2) is 48.8 Å². The third-order valence-electron chi connectivity index (χ3n) is 6.55. The van der Waals surface area contributed by atoms with Crippen molar-refractivity contribution < 1.29 is 14.4 Å². The van der Waals surface area contributed by atoms with Crippen LogP contribution in [0.5, 0.6) is 0 Å². The Bertz CT molecular complexity index is 1060. The number of rotatable bonds is 7. The second kappa shape index (κ2) is 9.17. The van der Waals surface area contributed by atoms with Gasteiger partial charge in [-0.1, -0.05) is 38.5 Å². The zero-order valence-electron chi connectivity index (χ0n) is 19.4. The number of carbonyl (C=O) groups is 3. The molecule has 1 fully saturated rings. The third-order valence-corrected chi connectivity index (χ3v) is 8.09. The van der Waals surface area contributed by atoms with Gasteiger partial charge in [-0.15, -0.1) is 11.8 Å². The minimum atomic E-state index is -0.690. The van der Waals surface area contributed by atoms with Crippen LogP contribution in [-0.4, -0.2) is 44.4 Å². The molecule has 2 aliphatic rings. The van der Waals surface area contributed by atoms with E-state index in [9.17, 15) is 14.4 Å². The zero-order chi connectivity index (χ0) is 23.8. The molecule has 2 aromatic rings. The van der Waals surface area contributed by atoms with Gasteiger partial charge in [0.2, 0.25) is 11.8 Å². The molecule has 4 rings (SSSR count). The molecule has 3 heterocycles. The van der Waals surface area contributed by atoms with Gasteiger partial charge in [-0.2, -0.15) is 0 Å². The first kappa shape index (κ1) is 23.3. The highest BCUT2D eigenvalue weighted by atomic mass is 32.2. The first-order valence-corrected chi connectivity index (χ1v) is 12.2. The molecule has 33 heavy (non-hydrogen) atoms. The van der Waals surface area contributed by atoms with Gasteiger partial charge in [0.05, 0.1) is 0 Å². The lowest BCUT2D eigenvalue weighted by Gasteiger charge is -2.32. The van der Waals surface area contributed by atoms with Gasteiger partial charge in [-0.25, -0.2) is 0 Å². The Morgan fingerprint density at radius 2 is 1.88 bits per heavy atom. The number of aromatic nitrogens is 1. The lowest BCUT2D eigenvalue weighted by molar-refractivity contribution is -0.133. The van der Waals surface area contributed by atoms with Crippen molar-refractivity contribution in [3.8, 4) is 0 Å². The zero-order valence-corrected chi connectivity index (χ0v) is 20.2. The monoisotopic (exact) mass is 466 g/mol. The van der Waals surface area contributed by atoms with E-state index in [1.165, 1.54) is 0 Å². The predicted octanol–water partition coefficient (Wildman–Crippen LogP) is 3.28. The Kier molecular flexibility index (Phi) is 6.47. The molecule has 2 N–H and O–H groups in total. The van der Waals surface area contributed by atoms with Crippen LogP contribution in [0, 0.1) is 5.92 Å². The van der Waals surface area contributed by atoms with Gasteiger partial charge < -0.3 is 15.5 Å². The Labute approximate surface area is 198 Å². The highest BCUT2D eigenvalue weighted by molar-refractivity contribution is 8.01. The van der Waals surface area contributed by atoms with E-state index in [2.05, 4.69) is 15.6 Å². The molecule has 1 aromatic carbocycles. The molecule has 0 saturated carbocycles. The second-order valence-electron chi connectivity index (χ2n) is 9.22. The smallest absolute Gasteiger partial charge is 0.256 e. The van der Waals surface area contributed by atoms with Crippen molar-refractivity contribution in [2.45, 2.75) is 62.9 Å². The number of thioether (sulfide) groups is 1. The summed E-state index contributed by atoms with van der Waals surface area (Å²) in [5, 5.41) is 5.73. The Hall–Kier alpha value is -2.87. The van der Waals surface area contributed by atoms with Gasteiger partial charge in [0, 0.05) is 29.2 Å². The van der Waals surface area contributed by atoms with Crippen LogP contribution in [0.25, 0.3) is 0 Å². The van der Waals surface area contributed by atoms with E-state index in [4.69, 9.17) is 0 Å². The topological polar surface area (TPSA) is 91.4 Å². The van der Waals surface area contributed by atoms with Gasteiger partial charge in [-0.05, 0) is 49.1 Å². The molecule has 4 atom stereocenters. The summed E-state index contributed by atoms with van der Waals surface area (Å²) in [6.45, 7) is 8.27. The third kappa shape index (κ3) is 4.36. The molecular weight excluding hydrogens is 436 g/mol. The molecule has 1 aromatic heterocycles. The summed E-state index contributed by atoms with van der Waals surface area (Å²) in [7, 11) is 0. The number of nitrogens with one attached hydrogen (secondary N) is 2. The number of pyridine rings is 1. The van der Waals surface area contributed by atoms with Crippen LogP contribution in [0.4, 0.5) is 0 Å². The summed E-state index contributed by atoms with van der Waals surface area (Å²) in [5.74, 6) is -0.715. The van der Waals surface area contributed by atoms with Gasteiger partial charge in [-0.3, -0.25) is 19.4 Å². The number of fused-ring (bicyclic) bond motifs is 3. The average molecular weight is 467 g/mol. The van der Waals surface area contributed by atoms with Crippen LogP contribution in [-0.2, 0) is 16.1 Å². The Balaban J connectivity index is 1.53. The quantitative estimate of drug-likeness (QED) is 0.654. The fourth-order valence-corrected chi connectivity index (χ4v) is 6.13. The number of amides is 3. The maximum absolute atomic E-state index is 13.6. The summed E-state index contributed by atoms with van der Waals surface area (Å²) >= 11 is 1.62. The van der Waals surface area contributed by atoms with Crippen molar-refractivity contribution >= 4 is 29.5 Å². The first-order chi connectivity index (χ1) is 15.7. The minimum Gasteiger partial charge on any atom is -0.350 e. The van der Waals surface area contributed by atoms with Crippen molar-refractivity contribution in [2.75, 3.05) is 0 Å². The minimum absolute atomic E-state index is 0.0640. The molecule has 0 aliphatic carbocycles. The summed E-state index contributed by atoms with van der Waals surface area (Å²) in [5.41, 5.74) is 2.53. The summed E-state index contributed by atoms with van der Waals surface area (Å²) in [4.78, 5) is 45.6. The van der Waals surface area contributed by atoms with E-state index < -0.39 is 16.8 Å². The van der Waals surface area contributed by atoms with Crippen LogP contribution >= 0.6 is 11.8 Å². The molecule has 174 valence electrons. The van der Waals surface area contributed by atoms with Crippen LogP contribution in [0.2, 0.25) is 0 Å². The van der Waals surface area contributed by atoms with E-state index in [1.54, 1.807) is 29.1 Å². The fraction of sp³-hybridized carbons (Fsp3) is 0.440. The Morgan fingerprint density at radius 1 is 1.18 bits per heavy atom. The van der Waals surface area contributed by atoms with Crippen molar-refractivity contribution in [1.82, 2.24) is 20.5 Å². The molecule has 1 saturated heterocycles. The summed E-state index contributed by atoms with van der Waals surface area (Å²) in [6, 6.07) is 9.84. The molecule has 0 spiro atoms. The largest absolute Gasteiger partial charge is 0.350 e. The number of benzene rings is 1. The SMILES string of the molecule is CC[C@@H](C)[C@H](NC(=O)[C@H]1N2C(=O)c3ccccc3[C@@H]2SC1(C)C)C(=O)NCc1ccncc1. The highest BCUT2D eigenvalue weighted by Gasteiger charge is 2.57.